The van der Waals surface area contributed by atoms with Crippen molar-refractivity contribution in [1.29, 1.82) is 0 Å². The minimum absolute atomic E-state index is 0.112. The number of ether oxygens (including phenoxy) is 1. The van der Waals surface area contributed by atoms with Crippen LogP contribution in [0.4, 0.5) is 0 Å². The maximum absolute atomic E-state index is 9.26. The number of aromatic nitrogens is 2. The lowest BCUT2D eigenvalue weighted by Gasteiger charge is -2.12. The van der Waals surface area contributed by atoms with Crippen LogP contribution in [0.2, 0.25) is 0 Å². The number of nitrogens with zero attached hydrogens (tertiary/aromatic N) is 2. The van der Waals surface area contributed by atoms with E-state index in [0.717, 1.165) is 12.2 Å². The minimum atomic E-state index is -0.112. The van der Waals surface area contributed by atoms with Crippen LogP contribution >= 0.6 is 0 Å². The third kappa shape index (κ3) is 4.30. The zero-order valence-corrected chi connectivity index (χ0v) is 11.1. The monoisotopic (exact) mass is 238 g/mol. The Balaban J connectivity index is 2.71. The van der Waals surface area contributed by atoms with Crippen molar-refractivity contribution in [3.63, 3.8) is 0 Å². The summed E-state index contributed by atoms with van der Waals surface area (Å²) < 4.78 is 5.59. The summed E-state index contributed by atoms with van der Waals surface area (Å²) in [6, 6.07) is 0. The number of rotatable bonds is 6. The Morgan fingerprint density at radius 1 is 1.29 bits per heavy atom. The number of aliphatic hydroxyl groups excluding tert-OH is 1. The molecule has 0 spiro atoms. The molecule has 1 aromatic heterocycles. The molecule has 1 aromatic rings. The smallest absolute Gasteiger partial charge is 0.161 e. The lowest BCUT2D eigenvalue weighted by Crippen LogP contribution is -2.08. The molecule has 4 nitrogen and oxygen atoms in total. The first-order valence-electron chi connectivity index (χ1n) is 6.14. The molecule has 0 bridgehead atoms. The first kappa shape index (κ1) is 13.9. The average molecular weight is 238 g/mol. The van der Waals surface area contributed by atoms with Crippen LogP contribution in [-0.4, -0.2) is 21.7 Å². The van der Waals surface area contributed by atoms with E-state index in [2.05, 4.69) is 23.8 Å². The van der Waals surface area contributed by atoms with Gasteiger partial charge in [0.1, 0.15) is 11.5 Å². The highest BCUT2D eigenvalue weighted by Crippen LogP contribution is 2.19. The first-order chi connectivity index (χ1) is 8.04. The minimum Gasteiger partial charge on any atom is -0.490 e. The van der Waals surface area contributed by atoms with Crippen LogP contribution < -0.4 is 4.74 Å². The van der Waals surface area contributed by atoms with Gasteiger partial charge in [-0.2, -0.15) is 0 Å². The Morgan fingerprint density at radius 2 is 2.00 bits per heavy atom. The molecule has 4 heteroatoms. The van der Waals surface area contributed by atoms with Gasteiger partial charge in [0.05, 0.1) is 19.4 Å². The largest absolute Gasteiger partial charge is 0.490 e. The summed E-state index contributed by atoms with van der Waals surface area (Å²) in [5.41, 5.74) is 0.576. The van der Waals surface area contributed by atoms with E-state index in [4.69, 9.17) is 4.74 Å². The predicted octanol–water partition coefficient (Wildman–Crippen LogP) is 2.52. The van der Waals surface area contributed by atoms with Crippen LogP contribution in [0, 0.1) is 5.92 Å². The van der Waals surface area contributed by atoms with Gasteiger partial charge in [0, 0.05) is 5.92 Å². The lowest BCUT2D eigenvalue weighted by molar-refractivity contribution is 0.248. The fraction of sp³-hybridized carbons (Fsp3) is 0.692. The molecule has 0 aliphatic carbocycles. The molecule has 0 unspecified atom stereocenters. The zero-order valence-electron chi connectivity index (χ0n) is 11.1. The SMILES string of the molecule is CC(C)CCOc1cnc(C(C)C)nc1CO. The molecule has 17 heavy (non-hydrogen) atoms. The molecule has 0 amide bonds. The fourth-order valence-corrected chi connectivity index (χ4v) is 1.34. The van der Waals surface area contributed by atoms with Crippen LogP contribution in [0.1, 0.15) is 51.6 Å². The van der Waals surface area contributed by atoms with Crippen molar-refractivity contribution < 1.29 is 9.84 Å². The topological polar surface area (TPSA) is 55.2 Å². The van der Waals surface area contributed by atoms with Crippen molar-refractivity contribution in [2.75, 3.05) is 6.61 Å². The molecular weight excluding hydrogens is 216 g/mol. The van der Waals surface area contributed by atoms with Crippen molar-refractivity contribution >= 4 is 0 Å². The van der Waals surface area contributed by atoms with Gasteiger partial charge in [-0.05, 0) is 12.3 Å². The summed E-state index contributed by atoms with van der Waals surface area (Å²) in [6.45, 7) is 8.86. The molecule has 0 aliphatic heterocycles. The number of hydrogen-bond donors (Lipinski definition) is 1. The molecule has 0 aliphatic rings. The van der Waals surface area contributed by atoms with Crippen LogP contribution in [-0.2, 0) is 6.61 Å². The first-order valence-corrected chi connectivity index (χ1v) is 6.14. The zero-order chi connectivity index (χ0) is 12.8. The molecule has 0 fully saturated rings. The van der Waals surface area contributed by atoms with Gasteiger partial charge in [-0.25, -0.2) is 9.97 Å². The van der Waals surface area contributed by atoms with Crippen LogP contribution in [0.3, 0.4) is 0 Å². The Hall–Kier alpha value is -1.16. The van der Waals surface area contributed by atoms with Crippen molar-refractivity contribution in [3.05, 3.63) is 17.7 Å². The molecule has 1 rings (SSSR count). The highest BCUT2D eigenvalue weighted by atomic mass is 16.5. The van der Waals surface area contributed by atoms with Crippen LogP contribution in [0.25, 0.3) is 0 Å². The third-order valence-electron chi connectivity index (χ3n) is 2.47. The Kier molecular flexibility index (Phi) is 5.35. The molecular formula is C13H22N2O2. The maximum Gasteiger partial charge on any atom is 0.161 e. The fourth-order valence-electron chi connectivity index (χ4n) is 1.34. The molecule has 96 valence electrons. The molecule has 1 heterocycles. The predicted molar refractivity (Wildman–Crippen MR) is 67.0 cm³/mol. The van der Waals surface area contributed by atoms with E-state index in [9.17, 15) is 5.11 Å². The second-order valence-electron chi connectivity index (χ2n) is 4.88. The Labute approximate surface area is 103 Å². The number of hydrogen-bond acceptors (Lipinski definition) is 4. The van der Waals surface area contributed by atoms with Gasteiger partial charge >= 0.3 is 0 Å². The summed E-state index contributed by atoms with van der Waals surface area (Å²) in [4.78, 5) is 8.54. The van der Waals surface area contributed by atoms with Crippen molar-refractivity contribution in [3.8, 4) is 5.75 Å². The highest BCUT2D eigenvalue weighted by molar-refractivity contribution is 5.24. The van der Waals surface area contributed by atoms with Gasteiger partial charge in [-0.15, -0.1) is 0 Å². The van der Waals surface area contributed by atoms with Gasteiger partial charge in [0.25, 0.3) is 0 Å². The molecule has 0 atom stereocenters. The van der Waals surface area contributed by atoms with Gasteiger partial charge in [0.15, 0.2) is 5.75 Å². The molecule has 0 aromatic carbocycles. The quantitative estimate of drug-likeness (QED) is 0.827. The van der Waals surface area contributed by atoms with E-state index in [1.165, 1.54) is 0 Å². The van der Waals surface area contributed by atoms with E-state index in [-0.39, 0.29) is 12.5 Å². The van der Waals surface area contributed by atoms with E-state index < -0.39 is 0 Å². The van der Waals surface area contributed by atoms with Gasteiger partial charge in [-0.3, -0.25) is 0 Å². The van der Waals surface area contributed by atoms with Crippen LogP contribution in [0.5, 0.6) is 5.75 Å². The van der Waals surface area contributed by atoms with Crippen molar-refractivity contribution in [2.24, 2.45) is 5.92 Å². The van der Waals surface area contributed by atoms with E-state index in [1.807, 2.05) is 13.8 Å². The molecule has 1 N–H and O–H groups in total. The molecule has 0 saturated heterocycles. The normalized spacial score (nSPS) is 11.2. The summed E-state index contributed by atoms with van der Waals surface area (Å²) >= 11 is 0. The second kappa shape index (κ2) is 6.55. The Morgan fingerprint density at radius 3 is 2.53 bits per heavy atom. The van der Waals surface area contributed by atoms with Gasteiger partial charge in [-0.1, -0.05) is 27.7 Å². The van der Waals surface area contributed by atoms with Crippen molar-refractivity contribution in [2.45, 2.75) is 46.6 Å². The Bertz CT molecular complexity index is 351. The summed E-state index contributed by atoms with van der Waals surface area (Å²) in [5.74, 6) is 2.19. The second-order valence-corrected chi connectivity index (χ2v) is 4.88. The average Bonchev–Trinajstić information content (AvgIpc) is 2.28. The van der Waals surface area contributed by atoms with Crippen LogP contribution in [0.15, 0.2) is 6.20 Å². The van der Waals surface area contributed by atoms with Gasteiger partial charge < -0.3 is 9.84 Å². The standard InChI is InChI=1S/C13H22N2O2/c1-9(2)5-6-17-12-7-14-13(10(3)4)15-11(12)8-16/h7,9-10,16H,5-6,8H2,1-4H3. The van der Waals surface area contributed by atoms with E-state index >= 15 is 0 Å². The van der Waals surface area contributed by atoms with E-state index in [1.54, 1.807) is 6.20 Å². The van der Waals surface area contributed by atoms with Gasteiger partial charge in [0.2, 0.25) is 0 Å². The maximum atomic E-state index is 9.26. The summed E-state index contributed by atoms with van der Waals surface area (Å²) in [7, 11) is 0. The lowest BCUT2D eigenvalue weighted by atomic mass is 10.1. The van der Waals surface area contributed by atoms with Crippen molar-refractivity contribution in [1.82, 2.24) is 9.97 Å². The molecule has 0 saturated carbocycles. The number of aliphatic hydroxyl groups is 1. The summed E-state index contributed by atoms with van der Waals surface area (Å²) in [5, 5.41) is 9.26. The highest BCUT2D eigenvalue weighted by Gasteiger charge is 2.10. The molecule has 0 radical (unpaired) electrons. The third-order valence-corrected chi connectivity index (χ3v) is 2.47. The van der Waals surface area contributed by atoms with E-state index in [0.29, 0.717) is 24.0 Å². The summed E-state index contributed by atoms with van der Waals surface area (Å²) in [6.07, 6.45) is 2.64.